The van der Waals surface area contributed by atoms with Gasteiger partial charge >= 0.3 is 0 Å². The van der Waals surface area contributed by atoms with Crippen LogP contribution in [-0.4, -0.2) is 37.5 Å². The predicted octanol–water partition coefficient (Wildman–Crippen LogP) is 2.79. The number of piperidine rings is 1. The number of nitrogens with one attached hydrogen (secondary N) is 1. The molecule has 1 saturated heterocycles. The first-order valence-electron chi connectivity index (χ1n) is 9.64. The third-order valence-electron chi connectivity index (χ3n) is 5.08. The molecule has 1 amide bonds. The normalized spacial score (nSPS) is 15.9. The molecule has 0 atom stereocenters. The lowest BCUT2D eigenvalue weighted by atomic mass is 9.97. The molecule has 1 heterocycles. The molecule has 1 aliphatic heterocycles. The zero-order valence-corrected chi connectivity index (χ0v) is 16.9. The lowest BCUT2D eigenvalue weighted by Crippen LogP contribution is -2.48. The first-order valence-corrected chi connectivity index (χ1v) is 11.3. The highest BCUT2D eigenvalue weighted by Crippen LogP contribution is 2.21. The summed E-state index contributed by atoms with van der Waals surface area (Å²) in [4.78, 5) is 12.9. The van der Waals surface area contributed by atoms with Gasteiger partial charge in [-0.15, -0.1) is 0 Å². The molecule has 0 aliphatic carbocycles. The minimum absolute atomic E-state index is 0.0617. The Morgan fingerprint density at radius 2 is 1.61 bits per heavy atom. The number of rotatable bonds is 7. The van der Waals surface area contributed by atoms with Gasteiger partial charge in [-0.3, -0.25) is 15.2 Å². The van der Waals surface area contributed by atoms with Gasteiger partial charge < -0.3 is 0 Å². The molecule has 0 aromatic heterocycles. The van der Waals surface area contributed by atoms with E-state index in [1.54, 1.807) is 6.92 Å². The van der Waals surface area contributed by atoms with Crippen molar-refractivity contribution in [2.24, 2.45) is 5.92 Å². The van der Waals surface area contributed by atoms with E-state index in [0.717, 1.165) is 11.3 Å². The second kappa shape index (κ2) is 9.21. The number of carbonyl (C=O) groups excluding carboxylic acids is 1. The molecule has 2 aromatic rings. The fourth-order valence-electron chi connectivity index (χ4n) is 3.37. The first-order chi connectivity index (χ1) is 13.5. The number of para-hydroxylation sites is 1. The Morgan fingerprint density at radius 1 is 1.04 bits per heavy atom. The van der Waals surface area contributed by atoms with Gasteiger partial charge in [-0.2, -0.15) is 0 Å². The lowest BCUT2D eigenvalue weighted by molar-refractivity contribution is -0.126. The van der Waals surface area contributed by atoms with Gasteiger partial charge in [0.1, 0.15) is 0 Å². The number of hydrazine groups is 1. The van der Waals surface area contributed by atoms with Gasteiger partial charge in [0.2, 0.25) is 15.9 Å². The van der Waals surface area contributed by atoms with E-state index >= 15 is 0 Å². The van der Waals surface area contributed by atoms with Crippen LogP contribution in [0.2, 0.25) is 0 Å². The second-order valence-electron chi connectivity index (χ2n) is 6.96. The highest BCUT2D eigenvalue weighted by Gasteiger charge is 2.30. The van der Waals surface area contributed by atoms with Crippen molar-refractivity contribution in [3.05, 3.63) is 66.2 Å². The van der Waals surface area contributed by atoms with Gasteiger partial charge in [-0.05, 0) is 37.5 Å². The molecule has 1 fully saturated rings. The first kappa shape index (κ1) is 20.4. The third kappa shape index (κ3) is 5.11. The summed E-state index contributed by atoms with van der Waals surface area (Å²) in [5.41, 5.74) is 5.05. The zero-order valence-electron chi connectivity index (χ0n) is 16.1. The summed E-state index contributed by atoms with van der Waals surface area (Å²) in [5.74, 6) is -0.151. The maximum atomic E-state index is 12.9. The second-order valence-corrected chi connectivity index (χ2v) is 9.21. The van der Waals surface area contributed by atoms with Crippen LogP contribution in [-0.2, 0) is 21.4 Å². The number of hydrogen-bond donors (Lipinski definition) is 1. The molecule has 0 unspecified atom stereocenters. The van der Waals surface area contributed by atoms with Crippen molar-refractivity contribution in [1.82, 2.24) is 9.73 Å². The Kier molecular flexibility index (Phi) is 6.70. The van der Waals surface area contributed by atoms with Crippen molar-refractivity contribution < 1.29 is 13.2 Å². The molecule has 6 nitrogen and oxygen atoms in total. The van der Waals surface area contributed by atoms with Crippen LogP contribution in [0, 0.1) is 5.92 Å². The van der Waals surface area contributed by atoms with Crippen LogP contribution < -0.4 is 10.4 Å². The van der Waals surface area contributed by atoms with Crippen LogP contribution in [0.25, 0.3) is 0 Å². The molecule has 3 rings (SSSR count). The largest absolute Gasteiger partial charge is 0.281 e. The minimum atomic E-state index is -3.19. The highest BCUT2D eigenvalue weighted by atomic mass is 32.2. The number of sulfonamides is 1. The van der Waals surface area contributed by atoms with Crippen molar-refractivity contribution in [1.29, 1.82) is 0 Å². The van der Waals surface area contributed by atoms with Crippen molar-refractivity contribution in [2.75, 3.05) is 23.9 Å². The van der Waals surface area contributed by atoms with Gasteiger partial charge in [0.05, 0.1) is 18.0 Å². The van der Waals surface area contributed by atoms with Gasteiger partial charge in [-0.25, -0.2) is 12.7 Å². The van der Waals surface area contributed by atoms with Crippen LogP contribution in [0.5, 0.6) is 0 Å². The van der Waals surface area contributed by atoms with Crippen LogP contribution >= 0.6 is 0 Å². The van der Waals surface area contributed by atoms with Crippen LogP contribution in [0.1, 0.15) is 25.3 Å². The topological polar surface area (TPSA) is 69.7 Å². The number of nitrogens with zero attached hydrogens (tertiary/aromatic N) is 2. The van der Waals surface area contributed by atoms with E-state index in [1.165, 1.54) is 4.31 Å². The molecule has 0 saturated carbocycles. The summed E-state index contributed by atoms with van der Waals surface area (Å²) in [6.07, 6.45) is 1.08. The van der Waals surface area contributed by atoms with E-state index in [4.69, 9.17) is 0 Å². The van der Waals surface area contributed by atoms with E-state index in [-0.39, 0.29) is 17.6 Å². The molecular weight excluding hydrogens is 374 g/mol. The van der Waals surface area contributed by atoms with Crippen LogP contribution in [0.4, 0.5) is 5.69 Å². The number of amides is 1. The highest BCUT2D eigenvalue weighted by molar-refractivity contribution is 7.89. The Hall–Kier alpha value is -2.38. The number of anilines is 1. The van der Waals surface area contributed by atoms with Crippen molar-refractivity contribution in [3.63, 3.8) is 0 Å². The zero-order chi connectivity index (χ0) is 20.0. The van der Waals surface area contributed by atoms with E-state index in [9.17, 15) is 13.2 Å². The Bertz CT molecular complexity index is 864. The molecule has 1 N–H and O–H groups in total. The molecule has 28 heavy (non-hydrogen) atoms. The maximum Gasteiger partial charge on any atom is 0.241 e. The molecule has 0 bridgehead atoms. The van der Waals surface area contributed by atoms with Gasteiger partial charge in [0, 0.05) is 19.0 Å². The van der Waals surface area contributed by atoms with Crippen LogP contribution in [0.3, 0.4) is 0 Å². The average molecular weight is 402 g/mol. The Morgan fingerprint density at radius 3 is 2.18 bits per heavy atom. The quantitative estimate of drug-likeness (QED) is 0.725. The van der Waals surface area contributed by atoms with E-state index in [1.807, 2.05) is 65.7 Å². The minimum Gasteiger partial charge on any atom is -0.281 e. The molecule has 0 radical (unpaired) electrons. The summed E-state index contributed by atoms with van der Waals surface area (Å²) in [5, 5.41) is 1.85. The monoisotopic (exact) mass is 401 g/mol. The molecular formula is C21H27N3O3S. The average Bonchev–Trinajstić information content (AvgIpc) is 2.74. The summed E-state index contributed by atoms with van der Waals surface area (Å²) in [7, 11) is -3.19. The summed E-state index contributed by atoms with van der Waals surface area (Å²) in [6.45, 7) is 3.01. The van der Waals surface area contributed by atoms with Gasteiger partial charge in [0.25, 0.3) is 0 Å². The van der Waals surface area contributed by atoms with Gasteiger partial charge in [0.15, 0.2) is 0 Å². The standard InChI is InChI=1S/C21H27N3O3S/c1-2-28(26,27)23-15-13-19(14-16-23)21(25)22-24(20-11-7-4-8-12-20)17-18-9-5-3-6-10-18/h3-12,19H,2,13-17H2,1H3,(H,22,25). The molecule has 1 aliphatic rings. The van der Waals surface area contributed by atoms with E-state index in [0.29, 0.717) is 32.5 Å². The van der Waals surface area contributed by atoms with E-state index < -0.39 is 10.0 Å². The number of carbonyl (C=O) groups is 1. The number of benzene rings is 2. The van der Waals surface area contributed by atoms with Crippen molar-refractivity contribution in [3.8, 4) is 0 Å². The smallest absolute Gasteiger partial charge is 0.241 e. The maximum absolute atomic E-state index is 12.9. The molecule has 150 valence electrons. The summed E-state index contributed by atoms with van der Waals surface area (Å²) < 4.78 is 25.5. The van der Waals surface area contributed by atoms with E-state index in [2.05, 4.69) is 5.43 Å². The third-order valence-corrected chi connectivity index (χ3v) is 6.96. The van der Waals surface area contributed by atoms with Crippen LogP contribution in [0.15, 0.2) is 60.7 Å². The van der Waals surface area contributed by atoms with Gasteiger partial charge in [-0.1, -0.05) is 48.5 Å². The molecule has 7 heteroatoms. The Balaban J connectivity index is 1.67. The summed E-state index contributed by atoms with van der Waals surface area (Å²) >= 11 is 0. The fourth-order valence-corrected chi connectivity index (χ4v) is 4.50. The van der Waals surface area contributed by atoms with Crippen molar-refractivity contribution >= 4 is 21.6 Å². The predicted molar refractivity (Wildman–Crippen MR) is 111 cm³/mol. The fraction of sp³-hybridized carbons (Fsp3) is 0.381. The lowest BCUT2D eigenvalue weighted by Gasteiger charge is -2.32. The summed E-state index contributed by atoms with van der Waals surface area (Å²) in [6, 6.07) is 19.7. The number of hydrogen-bond acceptors (Lipinski definition) is 4. The van der Waals surface area contributed by atoms with Crippen molar-refractivity contribution in [2.45, 2.75) is 26.3 Å². The Labute approximate surface area is 167 Å². The molecule has 0 spiro atoms. The molecule has 2 aromatic carbocycles. The SMILES string of the molecule is CCS(=O)(=O)N1CCC(C(=O)NN(Cc2ccccc2)c2ccccc2)CC1.